The number of esters is 2. The Morgan fingerprint density at radius 1 is 1.17 bits per heavy atom. The minimum atomic E-state index is -0.667. The zero-order valence-electron chi connectivity index (χ0n) is 20.1. The van der Waals surface area contributed by atoms with Gasteiger partial charge in [-0.2, -0.15) is 0 Å². The quantitative estimate of drug-likeness (QED) is 0.324. The van der Waals surface area contributed by atoms with Crippen LogP contribution in [0.5, 0.6) is 5.75 Å². The second kappa shape index (κ2) is 10.8. The molecule has 3 rings (SSSR count). The van der Waals surface area contributed by atoms with Crippen LogP contribution in [0.25, 0.3) is 6.08 Å². The van der Waals surface area contributed by atoms with Crippen molar-refractivity contribution in [2.45, 2.75) is 26.5 Å². The number of ether oxygens (including phenoxy) is 3. The van der Waals surface area contributed by atoms with Crippen molar-refractivity contribution < 1.29 is 37.8 Å². The van der Waals surface area contributed by atoms with Gasteiger partial charge in [-0.3, -0.25) is 9.69 Å². The van der Waals surface area contributed by atoms with E-state index in [9.17, 15) is 19.2 Å². The molecule has 0 bridgehead atoms. The van der Waals surface area contributed by atoms with E-state index in [4.69, 9.17) is 13.9 Å². The minimum Gasteiger partial charge on any atom is -0.481 e. The predicted octanol–water partition coefficient (Wildman–Crippen LogP) is 2.56. The smallest absolute Gasteiger partial charge is 0.373 e. The van der Waals surface area contributed by atoms with Crippen LogP contribution >= 0.6 is 0 Å². The second-order valence-electron chi connectivity index (χ2n) is 8.08. The number of hydrogen-bond acceptors (Lipinski definition) is 9. The maximum atomic E-state index is 12.9. The molecule has 1 aliphatic rings. The van der Waals surface area contributed by atoms with Crippen LogP contribution in [0, 0.1) is 0 Å². The molecular formula is C24H27N3O8. The highest BCUT2D eigenvalue weighted by molar-refractivity contribution is 6.14. The number of carbonyl (C=O) groups excluding carboxylic acids is 4. The standard InChI is InChI=1S/C24H27N3O8/c1-14(2)34-21(28)13-33-20-11-16(26(3)4)7-6-15(20)10-18-22(29)27(24(31)25-18)12-17-8-9-19(35-17)23(30)32-5/h6-11,14H,12-13H2,1-5H3,(H,25,31)/b18-10-. The zero-order valence-corrected chi connectivity index (χ0v) is 20.1. The van der Waals surface area contributed by atoms with Gasteiger partial charge >= 0.3 is 18.0 Å². The van der Waals surface area contributed by atoms with Gasteiger partial charge in [0.15, 0.2) is 6.61 Å². The molecule has 1 N–H and O–H groups in total. The van der Waals surface area contributed by atoms with Crippen molar-refractivity contribution in [1.29, 1.82) is 0 Å². The Bertz CT molecular complexity index is 1170. The van der Waals surface area contributed by atoms with Crippen LogP contribution in [-0.4, -0.2) is 62.7 Å². The fourth-order valence-electron chi connectivity index (χ4n) is 3.18. The van der Waals surface area contributed by atoms with Crippen molar-refractivity contribution in [3.63, 3.8) is 0 Å². The Balaban J connectivity index is 1.81. The maximum Gasteiger partial charge on any atom is 0.373 e. The first-order valence-corrected chi connectivity index (χ1v) is 10.7. The zero-order chi connectivity index (χ0) is 25.7. The molecule has 2 heterocycles. The highest BCUT2D eigenvalue weighted by Gasteiger charge is 2.34. The van der Waals surface area contributed by atoms with Gasteiger partial charge in [0.25, 0.3) is 5.91 Å². The Morgan fingerprint density at radius 3 is 2.57 bits per heavy atom. The van der Waals surface area contributed by atoms with Gasteiger partial charge in [-0.1, -0.05) is 0 Å². The largest absolute Gasteiger partial charge is 0.481 e. The molecular weight excluding hydrogens is 458 g/mol. The van der Waals surface area contributed by atoms with Gasteiger partial charge in [-0.15, -0.1) is 0 Å². The fourth-order valence-corrected chi connectivity index (χ4v) is 3.18. The van der Waals surface area contributed by atoms with E-state index >= 15 is 0 Å². The lowest BCUT2D eigenvalue weighted by Crippen LogP contribution is -2.30. The first-order valence-electron chi connectivity index (χ1n) is 10.7. The Labute approximate surface area is 202 Å². The number of carbonyl (C=O) groups is 4. The number of urea groups is 1. The molecule has 0 unspecified atom stereocenters. The van der Waals surface area contributed by atoms with E-state index in [-0.39, 0.29) is 36.5 Å². The lowest BCUT2D eigenvalue weighted by Gasteiger charge is -2.16. The first kappa shape index (κ1) is 25.3. The molecule has 1 saturated heterocycles. The molecule has 186 valence electrons. The molecule has 1 aromatic heterocycles. The summed E-state index contributed by atoms with van der Waals surface area (Å²) in [4.78, 5) is 51.7. The van der Waals surface area contributed by atoms with Gasteiger partial charge in [-0.25, -0.2) is 14.4 Å². The monoisotopic (exact) mass is 485 g/mol. The summed E-state index contributed by atoms with van der Waals surface area (Å²) in [5.41, 5.74) is 1.30. The predicted molar refractivity (Wildman–Crippen MR) is 125 cm³/mol. The molecule has 0 atom stereocenters. The number of amides is 3. The van der Waals surface area contributed by atoms with Crippen molar-refractivity contribution >= 4 is 35.6 Å². The van der Waals surface area contributed by atoms with Gasteiger partial charge in [-0.05, 0) is 44.2 Å². The van der Waals surface area contributed by atoms with Crippen LogP contribution in [0.3, 0.4) is 0 Å². The van der Waals surface area contributed by atoms with Gasteiger partial charge in [0.1, 0.15) is 17.2 Å². The van der Waals surface area contributed by atoms with Crippen molar-refractivity contribution in [2.24, 2.45) is 0 Å². The number of methoxy groups -OCH3 is 1. The minimum absolute atomic E-state index is 0.0157. The van der Waals surface area contributed by atoms with E-state index in [1.165, 1.54) is 25.3 Å². The maximum absolute atomic E-state index is 12.9. The molecule has 11 nitrogen and oxygen atoms in total. The highest BCUT2D eigenvalue weighted by atomic mass is 16.6. The SMILES string of the molecule is COC(=O)c1ccc(CN2C(=O)N/C(=C\c3ccc(N(C)C)cc3OCC(=O)OC(C)C)C2=O)o1. The molecule has 1 fully saturated rings. The van der Waals surface area contributed by atoms with E-state index in [0.717, 1.165) is 10.6 Å². The average molecular weight is 485 g/mol. The molecule has 2 aromatic rings. The number of nitrogens with zero attached hydrogens (tertiary/aromatic N) is 2. The molecule has 0 saturated carbocycles. The van der Waals surface area contributed by atoms with Crippen LogP contribution in [0.4, 0.5) is 10.5 Å². The van der Waals surface area contributed by atoms with Gasteiger partial charge < -0.3 is 28.8 Å². The fraction of sp³-hybridized carbons (Fsp3) is 0.333. The normalized spacial score (nSPS) is 14.3. The second-order valence-corrected chi connectivity index (χ2v) is 8.08. The summed E-state index contributed by atoms with van der Waals surface area (Å²) in [6.07, 6.45) is 1.18. The third-order valence-corrected chi connectivity index (χ3v) is 4.85. The number of furan rings is 1. The van der Waals surface area contributed by atoms with Crippen LogP contribution < -0.4 is 15.0 Å². The van der Waals surface area contributed by atoms with E-state index in [2.05, 4.69) is 10.1 Å². The van der Waals surface area contributed by atoms with E-state index in [0.29, 0.717) is 11.3 Å². The summed E-state index contributed by atoms with van der Waals surface area (Å²) in [7, 11) is 4.92. The molecule has 35 heavy (non-hydrogen) atoms. The summed E-state index contributed by atoms with van der Waals surface area (Å²) in [6, 6.07) is 7.47. The van der Waals surface area contributed by atoms with Crippen molar-refractivity contribution in [3.05, 3.63) is 53.1 Å². The van der Waals surface area contributed by atoms with Crippen LogP contribution in [0.2, 0.25) is 0 Å². The van der Waals surface area contributed by atoms with Gasteiger partial charge in [0.2, 0.25) is 5.76 Å². The topological polar surface area (TPSA) is 128 Å². The Kier molecular flexibility index (Phi) is 7.80. The molecule has 0 aliphatic carbocycles. The van der Waals surface area contributed by atoms with Crippen LogP contribution in [0.1, 0.15) is 35.7 Å². The highest BCUT2D eigenvalue weighted by Crippen LogP contribution is 2.28. The van der Waals surface area contributed by atoms with E-state index < -0.39 is 23.9 Å². The van der Waals surface area contributed by atoms with Crippen molar-refractivity contribution in [2.75, 3.05) is 32.7 Å². The summed E-state index contributed by atoms with van der Waals surface area (Å²) in [5, 5.41) is 2.53. The number of anilines is 1. The van der Waals surface area contributed by atoms with Crippen LogP contribution in [0.15, 0.2) is 40.4 Å². The molecule has 1 aliphatic heterocycles. The lowest BCUT2D eigenvalue weighted by molar-refractivity contribution is -0.149. The molecule has 3 amide bonds. The molecule has 0 radical (unpaired) electrons. The Morgan fingerprint density at radius 2 is 1.91 bits per heavy atom. The number of rotatable bonds is 9. The number of hydrogen-bond donors (Lipinski definition) is 1. The van der Waals surface area contributed by atoms with E-state index in [1.807, 2.05) is 25.1 Å². The summed E-state index contributed by atoms with van der Waals surface area (Å²) < 4.78 is 20.7. The van der Waals surface area contributed by atoms with E-state index in [1.54, 1.807) is 26.0 Å². The van der Waals surface area contributed by atoms with Gasteiger partial charge in [0, 0.05) is 31.4 Å². The first-order chi connectivity index (χ1) is 16.6. The summed E-state index contributed by atoms with van der Waals surface area (Å²) >= 11 is 0. The number of benzene rings is 1. The molecule has 11 heteroatoms. The molecule has 0 spiro atoms. The summed E-state index contributed by atoms with van der Waals surface area (Å²) in [6.45, 7) is 2.97. The number of nitrogens with one attached hydrogen (secondary N) is 1. The van der Waals surface area contributed by atoms with Crippen molar-refractivity contribution in [3.8, 4) is 5.75 Å². The number of imide groups is 1. The third kappa shape index (κ3) is 6.19. The molecule has 1 aromatic carbocycles. The Hall–Kier alpha value is -4.28. The lowest BCUT2D eigenvalue weighted by atomic mass is 10.1. The summed E-state index contributed by atoms with van der Waals surface area (Å²) in [5.74, 6) is -1.26. The van der Waals surface area contributed by atoms with Crippen LogP contribution in [-0.2, 0) is 25.6 Å². The van der Waals surface area contributed by atoms with Gasteiger partial charge in [0.05, 0.1) is 19.8 Å². The third-order valence-electron chi connectivity index (χ3n) is 4.85. The average Bonchev–Trinajstić information content (AvgIpc) is 3.37. The van der Waals surface area contributed by atoms with Crippen molar-refractivity contribution in [1.82, 2.24) is 10.2 Å².